The number of carbonyl (C=O) groups is 1. The third-order valence-electron chi connectivity index (χ3n) is 3.85. The van der Waals surface area contributed by atoms with Crippen LogP contribution in [-0.2, 0) is 22.7 Å². The van der Waals surface area contributed by atoms with Crippen molar-refractivity contribution in [1.82, 2.24) is 14.9 Å². The van der Waals surface area contributed by atoms with E-state index in [4.69, 9.17) is 21.1 Å². The number of para-hydroxylation sites is 2. The van der Waals surface area contributed by atoms with E-state index in [1.807, 2.05) is 28.8 Å². The van der Waals surface area contributed by atoms with Crippen LogP contribution >= 0.6 is 11.6 Å². The summed E-state index contributed by atoms with van der Waals surface area (Å²) in [6.45, 7) is 1.37. The van der Waals surface area contributed by atoms with Gasteiger partial charge in [-0.1, -0.05) is 23.7 Å². The maximum atomic E-state index is 12.2. The summed E-state index contributed by atoms with van der Waals surface area (Å²) >= 11 is 5.89. The number of rotatable bonds is 8. The molecule has 2 aromatic carbocycles. The topological polar surface area (TPSA) is 65.4 Å². The zero-order valence-corrected chi connectivity index (χ0v) is 15.2. The number of ether oxygens (including phenoxy) is 2. The van der Waals surface area contributed by atoms with E-state index in [9.17, 15) is 4.79 Å². The number of methoxy groups -OCH3 is 1. The van der Waals surface area contributed by atoms with Gasteiger partial charge in [-0.15, -0.1) is 0 Å². The minimum Gasteiger partial charge on any atom is -0.486 e. The van der Waals surface area contributed by atoms with Crippen molar-refractivity contribution in [3.63, 3.8) is 0 Å². The third-order valence-corrected chi connectivity index (χ3v) is 4.10. The third kappa shape index (κ3) is 4.53. The molecule has 0 spiro atoms. The molecule has 0 aliphatic heterocycles. The van der Waals surface area contributed by atoms with E-state index in [0.717, 1.165) is 11.0 Å². The van der Waals surface area contributed by atoms with Crippen LogP contribution in [0.4, 0.5) is 0 Å². The highest BCUT2D eigenvalue weighted by molar-refractivity contribution is 6.30. The fraction of sp³-hybridized carbons (Fsp3) is 0.263. The summed E-state index contributed by atoms with van der Waals surface area (Å²) in [5, 5.41) is 3.48. The van der Waals surface area contributed by atoms with Crippen molar-refractivity contribution in [2.24, 2.45) is 0 Å². The molecule has 0 saturated heterocycles. The Morgan fingerprint density at radius 3 is 2.73 bits per heavy atom. The van der Waals surface area contributed by atoms with E-state index in [1.54, 1.807) is 31.4 Å². The molecule has 0 bridgehead atoms. The number of carbonyl (C=O) groups excluding carboxylic acids is 1. The second kappa shape index (κ2) is 8.69. The van der Waals surface area contributed by atoms with Gasteiger partial charge in [0.1, 0.15) is 24.7 Å². The summed E-state index contributed by atoms with van der Waals surface area (Å²) in [5.41, 5.74) is 1.72. The SMILES string of the molecule is COCCNC(=O)Cn1c(COc2ccc(Cl)cc2)nc2ccccc21. The maximum Gasteiger partial charge on any atom is 0.240 e. The summed E-state index contributed by atoms with van der Waals surface area (Å²) in [7, 11) is 1.60. The van der Waals surface area contributed by atoms with Crippen LogP contribution in [0.15, 0.2) is 48.5 Å². The molecule has 0 atom stereocenters. The van der Waals surface area contributed by atoms with Crippen LogP contribution in [0, 0.1) is 0 Å². The Hall–Kier alpha value is -2.57. The first-order valence-electron chi connectivity index (χ1n) is 8.25. The lowest BCUT2D eigenvalue weighted by Gasteiger charge is -2.11. The van der Waals surface area contributed by atoms with Crippen LogP contribution in [-0.4, -0.2) is 35.7 Å². The van der Waals surface area contributed by atoms with Crippen molar-refractivity contribution < 1.29 is 14.3 Å². The van der Waals surface area contributed by atoms with E-state index in [1.165, 1.54) is 0 Å². The number of aromatic nitrogens is 2. The molecular formula is C19H20ClN3O3. The van der Waals surface area contributed by atoms with Gasteiger partial charge in [0.25, 0.3) is 0 Å². The molecule has 3 rings (SSSR count). The lowest BCUT2D eigenvalue weighted by Crippen LogP contribution is -2.31. The molecule has 0 unspecified atom stereocenters. The minimum atomic E-state index is -0.0991. The zero-order chi connectivity index (χ0) is 18.4. The lowest BCUT2D eigenvalue weighted by molar-refractivity contribution is -0.121. The van der Waals surface area contributed by atoms with E-state index in [2.05, 4.69) is 10.3 Å². The number of amides is 1. The van der Waals surface area contributed by atoms with Crippen molar-refractivity contribution >= 4 is 28.5 Å². The minimum absolute atomic E-state index is 0.0991. The standard InChI is InChI=1S/C19H20ClN3O3/c1-25-11-10-21-19(24)12-23-17-5-3-2-4-16(17)22-18(23)13-26-15-8-6-14(20)7-9-15/h2-9H,10-13H2,1H3,(H,21,24). The summed E-state index contributed by atoms with van der Waals surface area (Å²) in [4.78, 5) is 16.8. The van der Waals surface area contributed by atoms with E-state index >= 15 is 0 Å². The van der Waals surface area contributed by atoms with Crippen molar-refractivity contribution in [2.45, 2.75) is 13.2 Å². The Morgan fingerprint density at radius 2 is 1.96 bits per heavy atom. The molecule has 1 aromatic heterocycles. The quantitative estimate of drug-likeness (QED) is 0.616. The van der Waals surface area contributed by atoms with E-state index in [0.29, 0.717) is 29.7 Å². The van der Waals surface area contributed by atoms with Crippen molar-refractivity contribution in [2.75, 3.05) is 20.3 Å². The molecule has 0 saturated carbocycles. The van der Waals surface area contributed by atoms with Crippen LogP contribution in [0.25, 0.3) is 11.0 Å². The smallest absolute Gasteiger partial charge is 0.240 e. The molecule has 0 aliphatic rings. The molecule has 136 valence electrons. The van der Waals surface area contributed by atoms with Gasteiger partial charge >= 0.3 is 0 Å². The molecule has 1 heterocycles. The average molecular weight is 374 g/mol. The lowest BCUT2D eigenvalue weighted by atomic mass is 10.3. The van der Waals surface area contributed by atoms with Gasteiger partial charge in [-0.3, -0.25) is 4.79 Å². The largest absolute Gasteiger partial charge is 0.486 e. The summed E-state index contributed by atoms with van der Waals surface area (Å²) in [5.74, 6) is 1.28. The number of halogens is 1. The first-order valence-corrected chi connectivity index (χ1v) is 8.63. The predicted molar refractivity (Wildman–Crippen MR) is 100 cm³/mol. The van der Waals surface area contributed by atoms with E-state index < -0.39 is 0 Å². The van der Waals surface area contributed by atoms with Crippen LogP contribution in [0.1, 0.15) is 5.82 Å². The van der Waals surface area contributed by atoms with Crippen LogP contribution < -0.4 is 10.1 Å². The molecular weight excluding hydrogens is 354 g/mol. The molecule has 1 N–H and O–H groups in total. The molecule has 6 nitrogen and oxygen atoms in total. The Balaban J connectivity index is 1.77. The van der Waals surface area contributed by atoms with Crippen LogP contribution in [0.5, 0.6) is 5.75 Å². The molecule has 0 fully saturated rings. The van der Waals surface area contributed by atoms with Gasteiger partial charge in [0, 0.05) is 18.7 Å². The fourth-order valence-electron chi connectivity index (χ4n) is 2.58. The normalized spacial score (nSPS) is 10.8. The molecule has 0 radical (unpaired) electrons. The fourth-order valence-corrected chi connectivity index (χ4v) is 2.71. The Bertz CT molecular complexity index is 877. The monoisotopic (exact) mass is 373 g/mol. The second-order valence-electron chi connectivity index (χ2n) is 5.69. The van der Waals surface area contributed by atoms with Crippen molar-refractivity contribution in [3.8, 4) is 5.75 Å². The Kier molecular flexibility index (Phi) is 6.09. The highest BCUT2D eigenvalue weighted by Gasteiger charge is 2.14. The van der Waals surface area contributed by atoms with Gasteiger partial charge in [-0.05, 0) is 36.4 Å². The number of imidazole rings is 1. The number of fused-ring (bicyclic) bond motifs is 1. The zero-order valence-electron chi connectivity index (χ0n) is 14.4. The first-order chi connectivity index (χ1) is 12.7. The van der Waals surface area contributed by atoms with Crippen LogP contribution in [0.2, 0.25) is 5.02 Å². The van der Waals surface area contributed by atoms with Crippen molar-refractivity contribution in [1.29, 1.82) is 0 Å². The van der Waals surface area contributed by atoms with Gasteiger partial charge in [0.15, 0.2) is 0 Å². The predicted octanol–water partition coefficient (Wildman–Crippen LogP) is 3.03. The number of benzene rings is 2. The number of hydrogen-bond donors (Lipinski definition) is 1. The molecule has 26 heavy (non-hydrogen) atoms. The van der Waals surface area contributed by atoms with Gasteiger partial charge in [-0.25, -0.2) is 4.98 Å². The van der Waals surface area contributed by atoms with Gasteiger partial charge < -0.3 is 19.4 Å². The Morgan fingerprint density at radius 1 is 1.19 bits per heavy atom. The van der Waals surface area contributed by atoms with Crippen molar-refractivity contribution in [3.05, 3.63) is 59.4 Å². The summed E-state index contributed by atoms with van der Waals surface area (Å²) < 4.78 is 12.6. The van der Waals surface area contributed by atoms with Gasteiger partial charge in [-0.2, -0.15) is 0 Å². The van der Waals surface area contributed by atoms with E-state index in [-0.39, 0.29) is 19.1 Å². The maximum absolute atomic E-state index is 12.2. The highest BCUT2D eigenvalue weighted by atomic mass is 35.5. The molecule has 3 aromatic rings. The van der Waals surface area contributed by atoms with Crippen LogP contribution in [0.3, 0.4) is 0 Å². The molecule has 1 amide bonds. The number of nitrogens with one attached hydrogen (secondary N) is 1. The summed E-state index contributed by atoms with van der Waals surface area (Å²) in [6, 6.07) is 14.8. The first kappa shape index (κ1) is 18.2. The average Bonchev–Trinajstić information content (AvgIpc) is 2.99. The van der Waals surface area contributed by atoms with Gasteiger partial charge in [0.2, 0.25) is 5.91 Å². The Labute approximate surface area is 156 Å². The summed E-state index contributed by atoms with van der Waals surface area (Å²) in [6.07, 6.45) is 0. The number of hydrogen-bond acceptors (Lipinski definition) is 4. The molecule has 7 heteroatoms. The number of nitrogens with zero attached hydrogens (tertiary/aromatic N) is 2. The van der Waals surface area contributed by atoms with Gasteiger partial charge in [0.05, 0.1) is 17.6 Å². The second-order valence-corrected chi connectivity index (χ2v) is 6.12. The highest BCUT2D eigenvalue weighted by Crippen LogP contribution is 2.19. The molecule has 0 aliphatic carbocycles.